The van der Waals surface area contributed by atoms with Crippen molar-refractivity contribution in [3.05, 3.63) is 56.0 Å². The minimum Gasteiger partial charge on any atom is -0.481 e. The molecule has 0 aliphatic rings. The number of carboxylic acids is 1. The fourth-order valence-corrected chi connectivity index (χ4v) is 3.27. The second kappa shape index (κ2) is 7.81. The summed E-state index contributed by atoms with van der Waals surface area (Å²) in [5, 5.41) is 8.91. The quantitative estimate of drug-likeness (QED) is 0.528. The van der Waals surface area contributed by atoms with E-state index in [1.165, 1.54) is 18.2 Å². The predicted molar refractivity (Wildman–Crippen MR) is 95.8 cm³/mol. The van der Waals surface area contributed by atoms with E-state index in [-0.39, 0.29) is 17.9 Å². The molecule has 2 rings (SSSR count). The first-order valence-electron chi connectivity index (χ1n) is 6.91. The van der Waals surface area contributed by atoms with Crippen molar-refractivity contribution in [2.75, 3.05) is 6.61 Å². The zero-order valence-electron chi connectivity index (χ0n) is 12.9. The lowest BCUT2D eigenvalue weighted by atomic mass is 10.1. The van der Waals surface area contributed by atoms with E-state index in [0.29, 0.717) is 10.2 Å². The van der Waals surface area contributed by atoms with Crippen molar-refractivity contribution >= 4 is 43.8 Å². The normalized spacial score (nSPS) is 10.3. The van der Waals surface area contributed by atoms with Gasteiger partial charge >= 0.3 is 11.9 Å². The largest absolute Gasteiger partial charge is 0.481 e. The Labute approximate surface area is 155 Å². The second-order valence-electron chi connectivity index (χ2n) is 5.08. The van der Waals surface area contributed by atoms with Crippen molar-refractivity contribution in [1.82, 2.24) is 0 Å². The molecular formula is C17H14Br2O5. The first kappa shape index (κ1) is 18.5. The molecule has 0 unspecified atom stereocenters. The van der Waals surface area contributed by atoms with Crippen LogP contribution in [0.3, 0.4) is 0 Å². The van der Waals surface area contributed by atoms with Gasteiger partial charge in [-0.2, -0.15) is 0 Å². The van der Waals surface area contributed by atoms with Crippen molar-refractivity contribution in [2.24, 2.45) is 0 Å². The van der Waals surface area contributed by atoms with E-state index in [4.69, 9.17) is 14.6 Å². The average molecular weight is 458 g/mol. The Balaban J connectivity index is 2.03. The number of halogens is 2. The molecule has 0 spiro atoms. The lowest BCUT2D eigenvalue weighted by Gasteiger charge is -2.12. The molecule has 0 radical (unpaired) electrons. The number of rotatable bonds is 5. The minimum atomic E-state index is -1.06. The predicted octanol–water partition coefficient (Wildman–Crippen LogP) is 4.51. The van der Waals surface area contributed by atoms with Gasteiger partial charge in [0.05, 0.1) is 10.0 Å². The number of hydrogen-bond donors (Lipinski definition) is 1. The Hall–Kier alpha value is -1.86. The maximum Gasteiger partial charge on any atom is 0.349 e. The Morgan fingerprint density at radius 2 is 1.71 bits per heavy atom. The van der Waals surface area contributed by atoms with Crippen molar-refractivity contribution in [1.29, 1.82) is 0 Å². The maximum absolute atomic E-state index is 12.0. The summed E-state index contributed by atoms with van der Waals surface area (Å²) in [5.74, 6) is -0.771. The van der Waals surface area contributed by atoms with E-state index < -0.39 is 11.9 Å². The third-order valence-corrected chi connectivity index (χ3v) is 4.24. The van der Waals surface area contributed by atoms with Gasteiger partial charge in [-0.05, 0) is 71.2 Å². The molecule has 0 atom stereocenters. The van der Waals surface area contributed by atoms with Crippen LogP contribution >= 0.6 is 31.9 Å². The number of benzene rings is 2. The van der Waals surface area contributed by atoms with Gasteiger partial charge in [-0.25, -0.2) is 9.59 Å². The summed E-state index contributed by atoms with van der Waals surface area (Å²) in [5.41, 5.74) is 1.90. The van der Waals surface area contributed by atoms with Gasteiger partial charge in [0.2, 0.25) is 0 Å². The first-order valence-corrected chi connectivity index (χ1v) is 8.49. The van der Waals surface area contributed by atoms with Crippen LogP contribution in [0.25, 0.3) is 0 Å². The van der Waals surface area contributed by atoms with Crippen LogP contribution < -0.4 is 9.47 Å². The molecule has 126 valence electrons. The molecule has 0 aliphatic heterocycles. The number of carboxylic acid groups (broad SMARTS) is 1. The number of carbonyl (C=O) groups excluding carboxylic acids is 1. The highest BCUT2D eigenvalue weighted by Crippen LogP contribution is 2.28. The molecule has 0 amide bonds. The number of carbonyl (C=O) groups is 2. The van der Waals surface area contributed by atoms with Crippen LogP contribution in [0, 0.1) is 13.8 Å². The summed E-state index contributed by atoms with van der Waals surface area (Å²) >= 11 is 6.59. The summed E-state index contributed by atoms with van der Waals surface area (Å²) in [4.78, 5) is 22.8. The van der Waals surface area contributed by atoms with Gasteiger partial charge in [-0.3, -0.25) is 0 Å². The van der Waals surface area contributed by atoms with Gasteiger partial charge in [0.25, 0.3) is 0 Å². The van der Waals surface area contributed by atoms with Crippen LogP contribution in [-0.4, -0.2) is 23.7 Å². The summed E-state index contributed by atoms with van der Waals surface area (Å²) < 4.78 is 12.1. The number of ether oxygens (including phenoxy) is 2. The van der Waals surface area contributed by atoms with Crippen LogP contribution in [0.4, 0.5) is 0 Å². The zero-order chi connectivity index (χ0) is 17.9. The van der Waals surface area contributed by atoms with E-state index in [0.717, 1.165) is 15.6 Å². The molecule has 2 aromatic rings. The molecule has 2 aromatic carbocycles. The summed E-state index contributed by atoms with van der Waals surface area (Å²) in [6.45, 7) is 3.52. The molecule has 0 saturated heterocycles. The fraction of sp³-hybridized carbons (Fsp3) is 0.176. The maximum atomic E-state index is 12.0. The van der Waals surface area contributed by atoms with Gasteiger partial charge in [0, 0.05) is 4.47 Å². The third kappa shape index (κ3) is 4.58. The average Bonchev–Trinajstić information content (AvgIpc) is 2.48. The third-order valence-electron chi connectivity index (χ3n) is 3.16. The molecule has 0 aromatic heterocycles. The van der Waals surface area contributed by atoms with Crippen molar-refractivity contribution in [3.8, 4) is 11.5 Å². The smallest absolute Gasteiger partial charge is 0.349 e. The molecule has 0 fully saturated rings. The molecule has 0 heterocycles. The monoisotopic (exact) mass is 456 g/mol. The number of aromatic carboxylic acids is 1. The van der Waals surface area contributed by atoms with Crippen LogP contribution in [0.1, 0.15) is 21.5 Å². The second-order valence-corrected chi connectivity index (χ2v) is 6.85. The molecule has 5 nitrogen and oxygen atoms in total. The highest BCUT2D eigenvalue weighted by molar-refractivity contribution is 9.10. The zero-order valence-corrected chi connectivity index (χ0v) is 16.1. The van der Waals surface area contributed by atoms with E-state index >= 15 is 0 Å². The van der Waals surface area contributed by atoms with Gasteiger partial charge in [0.15, 0.2) is 6.61 Å². The summed E-state index contributed by atoms with van der Waals surface area (Å²) in [6, 6.07) is 7.94. The molecule has 1 N–H and O–H groups in total. The van der Waals surface area contributed by atoms with E-state index in [1.807, 2.05) is 26.0 Å². The van der Waals surface area contributed by atoms with Crippen LogP contribution in [0.15, 0.2) is 39.3 Å². The molecule has 0 saturated carbocycles. The van der Waals surface area contributed by atoms with Gasteiger partial charge in [0.1, 0.15) is 11.5 Å². The number of aryl methyl sites for hydroxylation is 2. The Kier molecular flexibility index (Phi) is 6.01. The Bertz CT molecular complexity index is 779. The lowest BCUT2D eigenvalue weighted by molar-refractivity contribution is -0.136. The topological polar surface area (TPSA) is 72.8 Å². The molecule has 7 heteroatoms. The Morgan fingerprint density at radius 1 is 1.08 bits per heavy atom. The lowest BCUT2D eigenvalue weighted by Crippen LogP contribution is -2.18. The van der Waals surface area contributed by atoms with Crippen molar-refractivity contribution < 1.29 is 24.2 Å². The SMILES string of the molecule is Cc1cc(Br)cc(C)c1OCC(=O)Oc1ccc(C(=O)O)cc1Br. The standard InChI is InChI=1S/C17H14Br2O5/c1-9-5-12(18)6-10(2)16(9)23-8-15(20)24-14-4-3-11(17(21)22)7-13(14)19/h3-7H,8H2,1-2H3,(H,21,22). The van der Waals surface area contributed by atoms with Crippen LogP contribution in [0.2, 0.25) is 0 Å². The molecule has 0 aliphatic carbocycles. The highest BCUT2D eigenvalue weighted by atomic mass is 79.9. The van der Waals surface area contributed by atoms with Crippen LogP contribution in [0.5, 0.6) is 11.5 Å². The van der Waals surface area contributed by atoms with E-state index in [1.54, 1.807) is 0 Å². The van der Waals surface area contributed by atoms with E-state index in [9.17, 15) is 9.59 Å². The van der Waals surface area contributed by atoms with Gasteiger partial charge in [-0.15, -0.1) is 0 Å². The number of hydrogen-bond acceptors (Lipinski definition) is 4. The van der Waals surface area contributed by atoms with E-state index in [2.05, 4.69) is 31.9 Å². The summed E-state index contributed by atoms with van der Waals surface area (Å²) in [7, 11) is 0. The Morgan fingerprint density at radius 3 is 2.25 bits per heavy atom. The van der Waals surface area contributed by atoms with Crippen LogP contribution in [-0.2, 0) is 4.79 Å². The first-order chi connectivity index (χ1) is 11.3. The molecule has 24 heavy (non-hydrogen) atoms. The minimum absolute atomic E-state index is 0.0963. The fourth-order valence-electron chi connectivity index (χ4n) is 2.12. The highest BCUT2D eigenvalue weighted by Gasteiger charge is 2.13. The summed E-state index contributed by atoms with van der Waals surface area (Å²) in [6.07, 6.45) is 0. The molecule has 0 bridgehead atoms. The number of esters is 1. The molecular weight excluding hydrogens is 444 g/mol. The van der Waals surface area contributed by atoms with Crippen molar-refractivity contribution in [2.45, 2.75) is 13.8 Å². The van der Waals surface area contributed by atoms with Gasteiger partial charge in [-0.1, -0.05) is 15.9 Å². The van der Waals surface area contributed by atoms with Crippen molar-refractivity contribution in [3.63, 3.8) is 0 Å². The van der Waals surface area contributed by atoms with Gasteiger partial charge < -0.3 is 14.6 Å².